The molecular formula is C17H14Cl2N2O3. The van der Waals surface area contributed by atoms with Gasteiger partial charge in [0.25, 0.3) is 0 Å². The average molecular weight is 365 g/mol. The van der Waals surface area contributed by atoms with E-state index >= 15 is 0 Å². The summed E-state index contributed by atoms with van der Waals surface area (Å²) >= 11 is 12.2. The second-order valence-electron chi connectivity index (χ2n) is 5.70. The lowest BCUT2D eigenvalue weighted by atomic mass is 10.0. The van der Waals surface area contributed by atoms with Gasteiger partial charge in [-0.25, -0.2) is 4.79 Å². The summed E-state index contributed by atoms with van der Waals surface area (Å²) in [6, 6.07) is 8.89. The summed E-state index contributed by atoms with van der Waals surface area (Å²) in [7, 11) is 0. The first kappa shape index (κ1) is 15.4. The molecule has 24 heavy (non-hydrogen) atoms. The van der Waals surface area contributed by atoms with Gasteiger partial charge in [0.15, 0.2) is 11.5 Å². The molecule has 0 bridgehead atoms. The number of halogens is 2. The van der Waals surface area contributed by atoms with E-state index in [2.05, 4.69) is 5.32 Å². The number of nitrogens with one attached hydrogen (secondary N) is 1. The van der Waals surface area contributed by atoms with E-state index in [1.807, 2.05) is 18.2 Å². The maximum atomic E-state index is 12.6. The molecule has 0 saturated heterocycles. The molecule has 0 saturated carbocycles. The van der Waals surface area contributed by atoms with Crippen LogP contribution in [0.1, 0.15) is 11.1 Å². The standard InChI is InChI=1S/C17H14Cl2N2O3/c18-12-2-1-11-8-21(4-3-10(11)5-12)17(22)20-14-7-16-15(6-13(14)19)23-9-24-16/h1-2,5-7H,3-4,8-9H2,(H,20,22). The fraction of sp³-hybridized carbons (Fsp3) is 0.235. The molecule has 2 aliphatic rings. The zero-order valence-electron chi connectivity index (χ0n) is 12.6. The van der Waals surface area contributed by atoms with Crippen molar-refractivity contribution in [3.8, 4) is 11.5 Å². The first-order chi connectivity index (χ1) is 11.6. The summed E-state index contributed by atoms with van der Waals surface area (Å²) in [5.74, 6) is 1.16. The second kappa shape index (κ2) is 6.07. The third-order valence-corrected chi connectivity index (χ3v) is 4.72. The van der Waals surface area contributed by atoms with Gasteiger partial charge in [-0.1, -0.05) is 29.3 Å². The summed E-state index contributed by atoms with van der Waals surface area (Å²) in [4.78, 5) is 14.3. The van der Waals surface area contributed by atoms with Crippen LogP contribution < -0.4 is 14.8 Å². The van der Waals surface area contributed by atoms with Gasteiger partial charge in [0.05, 0.1) is 10.7 Å². The average Bonchev–Trinajstić information content (AvgIpc) is 3.01. The monoisotopic (exact) mass is 364 g/mol. The fourth-order valence-electron chi connectivity index (χ4n) is 2.90. The minimum absolute atomic E-state index is 0.161. The molecule has 0 radical (unpaired) electrons. The highest BCUT2D eigenvalue weighted by Gasteiger charge is 2.23. The number of nitrogens with zero attached hydrogens (tertiary/aromatic N) is 1. The number of rotatable bonds is 1. The van der Waals surface area contributed by atoms with Crippen LogP contribution in [-0.4, -0.2) is 24.3 Å². The van der Waals surface area contributed by atoms with E-state index in [1.165, 1.54) is 5.56 Å². The van der Waals surface area contributed by atoms with Gasteiger partial charge < -0.3 is 19.7 Å². The van der Waals surface area contributed by atoms with Crippen molar-refractivity contribution in [1.29, 1.82) is 0 Å². The minimum Gasteiger partial charge on any atom is -0.454 e. The van der Waals surface area contributed by atoms with Crippen LogP contribution >= 0.6 is 23.2 Å². The molecule has 124 valence electrons. The van der Waals surface area contributed by atoms with Crippen molar-refractivity contribution >= 4 is 34.9 Å². The van der Waals surface area contributed by atoms with Crippen LogP contribution in [0.4, 0.5) is 10.5 Å². The van der Waals surface area contributed by atoms with Gasteiger partial charge in [-0.2, -0.15) is 0 Å². The Hall–Kier alpha value is -2.11. The number of amides is 2. The molecule has 7 heteroatoms. The molecule has 2 aromatic rings. The van der Waals surface area contributed by atoms with Crippen LogP contribution in [0, 0.1) is 0 Å². The third kappa shape index (κ3) is 2.85. The number of anilines is 1. The molecule has 0 fully saturated rings. The van der Waals surface area contributed by atoms with Gasteiger partial charge in [0.2, 0.25) is 6.79 Å². The maximum absolute atomic E-state index is 12.6. The lowest BCUT2D eigenvalue weighted by molar-refractivity contribution is 0.174. The zero-order valence-corrected chi connectivity index (χ0v) is 14.2. The number of benzene rings is 2. The quantitative estimate of drug-likeness (QED) is 0.819. The highest BCUT2D eigenvalue weighted by atomic mass is 35.5. The predicted octanol–water partition coefficient (Wildman–Crippen LogP) is 4.31. The summed E-state index contributed by atoms with van der Waals surface area (Å²) in [6.07, 6.45) is 0.776. The van der Waals surface area contributed by atoms with E-state index in [1.54, 1.807) is 17.0 Å². The van der Waals surface area contributed by atoms with Crippen molar-refractivity contribution in [1.82, 2.24) is 4.90 Å². The molecule has 1 N–H and O–H groups in total. The molecule has 0 unspecified atom stereocenters. The Bertz CT molecular complexity index is 826. The molecule has 5 nitrogen and oxygen atoms in total. The molecule has 2 aromatic carbocycles. The predicted molar refractivity (Wildman–Crippen MR) is 92.2 cm³/mol. The van der Waals surface area contributed by atoms with Crippen molar-refractivity contribution in [3.63, 3.8) is 0 Å². The second-order valence-corrected chi connectivity index (χ2v) is 6.54. The molecule has 2 heterocycles. The van der Waals surface area contributed by atoms with E-state index < -0.39 is 0 Å². The van der Waals surface area contributed by atoms with Crippen LogP contribution in [0.5, 0.6) is 11.5 Å². The molecule has 0 atom stereocenters. The SMILES string of the molecule is O=C(Nc1cc2c(cc1Cl)OCO2)N1CCc2cc(Cl)ccc2C1. The van der Waals surface area contributed by atoms with Gasteiger partial charge in [0.1, 0.15) is 0 Å². The zero-order chi connectivity index (χ0) is 16.7. The number of urea groups is 1. The minimum atomic E-state index is -0.198. The highest BCUT2D eigenvalue weighted by Crippen LogP contribution is 2.39. The maximum Gasteiger partial charge on any atom is 0.322 e. The molecule has 4 rings (SSSR count). The number of ether oxygens (including phenoxy) is 2. The Balaban J connectivity index is 1.50. The third-order valence-electron chi connectivity index (χ3n) is 4.17. The van der Waals surface area contributed by atoms with Crippen molar-refractivity contribution in [2.24, 2.45) is 0 Å². The van der Waals surface area contributed by atoms with Gasteiger partial charge in [-0.05, 0) is 29.7 Å². The Morgan fingerprint density at radius 3 is 2.71 bits per heavy atom. The van der Waals surface area contributed by atoms with E-state index in [0.29, 0.717) is 35.3 Å². The molecule has 2 amide bonds. The van der Waals surface area contributed by atoms with Crippen LogP contribution in [-0.2, 0) is 13.0 Å². The van der Waals surface area contributed by atoms with Crippen molar-refractivity contribution in [2.45, 2.75) is 13.0 Å². The summed E-state index contributed by atoms with van der Waals surface area (Å²) in [5.41, 5.74) is 2.80. The molecule has 0 spiro atoms. The van der Waals surface area contributed by atoms with Crippen LogP contribution in [0.2, 0.25) is 10.0 Å². The van der Waals surface area contributed by atoms with Crippen LogP contribution in [0.3, 0.4) is 0 Å². The summed E-state index contributed by atoms with van der Waals surface area (Å²) in [5, 5.41) is 3.98. The molecular weight excluding hydrogens is 351 g/mol. The number of carbonyl (C=O) groups is 1. The van der Waals surface area contributed by atoms with E-state index in [4.69, 9.17) is 32.7 Å². The molecule has 2 aliphatic heterocycles. The smallest absolute Gasteiger partial charge is 0.322 e. The van der Waals surface area contributed by atoms with E-state index in [-0.39, 0.29) is 12.8 Å². The topological polar surface area (TPSA) is 50.8 Å². The number of carbonyl (C=O) groups excluding carboxylic acids is 1. The number of hydrogen-bond acceptors (Lipinski definition) is 3. The Kier molecular flexibility index (Phi) is 3.90. The van der Waals surface area contributed by atoms with Gasteiger partial charge in [-0.3, -0.25) is 0 Å². The first-order valence-electron chi connectivity index (χ1n) is 7.52. The fourth-order valence-corrected chi connectivity index (χ4v) is 3.30. The van der Waals surface area contributed by atoms with Crippen molar-refractivity contribution in [2.75, 3.05) is 18.7 Å². The summed E-state index contributed by atoms with van der Waals surface area (Å²) < 4.78 is 10.6. The summed E-state index contributed by atoms with van der Waals surface area (Å²) in [6.45, 7) is 1.33. The van der Waals surface area contributed by atoms with Gasteiger partial charge in [-0.15, -0.1) is 0 Å². The molecule has 0 aliphatic carbocycles. The molecule has 0 aromatic heterocycles. The van der Waals surface area contributed by atoms with Crippen molar-refractivity contribution in [3.05, 3.63) is 51.5 Å². The van der Waals surface area contributed by atoms with Crippen LogP contribution in [0.15, 0.2) is 30.3 Å². The number of fused-ring (bicyclic) bond motifs is 2. The van der Waals surface area contributed by atoms with Crippen LogP contribution in [0.25, 0.3) is 0 Å². The number of hydrogen-bond donors (Lipinski definition) is 1. The Morgan fingerprint density at radius 2 is 1.88 bits per heavy atom. The van der Waals surface area contributed by atoms with Crippen molar-refractivity contribution < 1.29 is 14.3 Å². The largest absolute Gasteiger partial charge is 0.454 e. The van der Waals surface area contributed by atoms with E-state index in [0.717, 1.165) is 17.0 Å². The lowest BCUT2D eigenvalue weighted by Crippen LogP contribution is -2.38. The Labute approximate surface area is 149 Å². The van der Waals surface area contributed by atoms with Gasteiger partial charge >= 0.3 is 6.03 Å². The van der Waals surface area contributed by atoms with E-state index in [9.17, 15) is 4.79 Å². The lowest BCUT2D eigenvalue weighted by Gasteiger charge is -2.29. The first-order valence-corrected chi connectivity index (χ1v) is 8.28. The normalized spacial score (nSPS) is 15.2. The highest BCUT2D eigenvalue weighted by molar-refractivity contribution is 6.34. The Morgan fingerprint density at radius 1 is 1.08 bits per heavy atom. The van der Waals surface area contributed by atoms with Gasteiger partial charge in [0, 0.05) is 30.2 Å².